The smallest absolute Gasteiger partial charge is 0.238 e. The van der Waals surface area contributed by atoms with Crippen molar-refractivity contribution in [2.75, 3.05) is 5.32 Å². The van der Waals surface area contributed by atoms with E-state index in [2.05, 4.69) is 27.3 Å². The molecule has 5 heteroatoms. The van der Waals surface area contributed by atoms with Crippen LogP contribution in [0.2, 0.25) is 0 Å². The Morgan fingerprint density at radius 1 is 0.963 bits per heavy atom. The largest absolute Gasteiger partial charge is 0.867 e. The first-order valence-electron chi connectivity index (χ1n) is 8.48. The number of anilines is 1. The highest BCUT2D eigenvalue weighted by molar-refractivity contribution is 9.10. The number of hydrogen-bond acceptors (Lipinski definition) is 2. The summed E-state index contributed by atoms with van der Waals surface area (Å²) >= 11 is 9.11. The molecule has 1 N–H and O–H groups in total. The quantitative estimate of drug-likeness (QED) is 0.282. The molecule has 0 fully saturated rings. The van der Waals surface area contributed by atoms with E-state index in [4.69, 9.17) is 12.2 Å². The molecular formula is C22H19BrN2OS. The first-order valence-corrected chi connectivity index (χ1v) is 9.68. The third kappa shape index (κ3) is 4.62. The molecule has 3 nitrogen and oxygen atoms in total. The van der Waals surface area contributed by atoms with Gasteiger partial charge < -0.3 is 10.4 Å². The first kappa shape index (κ1) is 19.3. The molecule has 1 aromatic heterocycles. The second kappa shape index (κ2) is 8.46. The third-order valence-corrected chi connectivity index (χ3v) is 4.99. The topological polar surface area (TPSA) is 39.0 Å². The van der Waals surface area contributed by atoms with Crippen molar-refractivity contribution in [3.63, 3.8) is 0 Å². The summed E-state index contributed by atoms with van der Waals surface area (Å²) in [6.07, 6.45) is 3.64. The van der Waals surface area contributed by atoms with Gasteiger partial charge in [-0.2, -0.15) is 4.57 Å². The molecule has 27 heavy (non-hydrogen) atoms. The van der Waals surface area contributed by atoms with Gasteiger partial charge in [0, 0.05) is 22.3 Å². The average Bonchev–Trinajstić information content (AvgIpc) is 2.62. The van der Waals surface area contributed by atoms with Crippen molar-refractivity contribution in [3.8, 4) is 0 Å². The Bertz CT molecular complexity index is 996. The van der Waals surface area contributed by atoms with Gasteiger partial charge in [0.15, 0.2) is 17.4 Å². The summed E-state index contributed by atoms with van der Waals surface area (Å²) in [5.74, 6) is -0.152. The second-order valence-electron chi connectivity index (χ2n) is 6.27. The van der Waals surface area contributed by atoms with E-state index in [1.807, 2.05) is 74.8 Å². The summed E-state index contributed by atoms with van der Waals surface area (Å²) in [4.78, 5) is 0.372. The Balaban J connectivity index is 2.09. The lowest BCUT2D eigenvalue weighted by Crippen LogP contribution is -2.39. The van der Waals surface area contributed by atoms with E-state index in [0.717, 1.165) is 21.3 Å². The molecule has 0 unspecified atom stereocenters. The highest BCUT2D eigenvalue weighted by atomic mass is 79.9. The van der Waals surface area contributed by atoms with Gasteiger partial charge in [-0.25, -0.2) is 0 Å². The fourth-order valence-electron chi connectivity index (χ4n) is 2.90. The Labute approximate surface area is 173 Å². The maximum absolute atomic E-state index is 13.3. The Hall–Kier alpha value is -2.50. The Kier molecular flexibility index (Phi) is 6.04. The summed E-state index contributed by atoms with van der Waals surface area (Å²) < 4.78 is 2.48. The molecule has 0 aliphatic heterocycles. The fourth-order valence-corrected chi connectivity index (χ4v) is 3.68. The van der Waals surface area contributed by atoms with Crippen molar-refractivity contribution in [3.05, 3.63) is 94.2 Å². The van der Waals surface area contributed by atoms with Gasteiger partial charge in [0.25, 0.3) is 0 Å². The summed E-state index contributed by atoms with van der Waals surface area (Å²) in [6.45, 7) is 4.06. The van der Waals surface area contributed by atoms with Gasteiger partial charge in [-0.3, -0.25) is 0 Å². The van der Waals surface area contributed by atoms with E-state index in [-0.39, 0.29) is 5.76 Å². The molecule has 0 bridgehead atoms. The van der Waals surface area contributed by atoms with E-state index in [1.165, 1.54) is 0 Å². The number of benzene rings is 2. The molecule has 0 amide bonds. The van der Waals surface area contributed by atoms with Crippen LogP contribution >= 0.6 is 28.1 Å². The third-order valence-electron chi connectivity index (χ3n) is 4.00. The maximum atomic E-state index is 13.3. The number of thiocarbonyl (C=S) groups is 1. The fraction of sp³-hybridized carbons (Fsp3) is 0.0909. The van der Waals surface area contributed by atoms with Crippen LogP contribution in [0.4, 0.5) is 5.69 Å². The lowest BCUT2D eigenvalue weighted by molar-refractivity contribution is -0.577. The lowest BCUT2D eigenvalue weighted by atomic mass is 10.1. The van der Waals surface area contributed by atoms with E-state index in [0.29, 0.717) is 16.2 Å². The van der Waals surface area contributed by atoms with Crippen LogP contribution in [0.1, 0.15) is 16.7 Å². The molecule has 136 valence electrons. The van der Waals surface area contributed by atoms with Crippen LogP contribution in [0.15, 0.2) is 77.5 Å². The normalized spacial score (nSPS) is 11.7. The molecule has 0 saturated heterocycles. The zero-order chi connectivity index (χ0) is 19.4. The molecular weight excluding hydrogens is 420 g/mol. The number of halogens is 1. The Morgan fingerprint density at radius 2 is 1.59 bits per heavy atom. The van der Waals surface area contributed by atoms with Gasteiger partial charge >= 0.3 is 0 Å². The minimum Gasteiger partial charge on any atom is -0.867 e. The lowest BCUT2D eigenvalue weighted by Gasteiger charge is -2.18. The maximum Gasteiger partial charge on any atom is 0.238 e. The van der Waals surface area contributed by atoms with Crippen molar-refractivity contribution in [1.82, 2.24) is 0 Å². The Morgan fingerprint density at radius 3 is 2.22 bits per heavy atom. The van der Waals surface area contributed by atoms with Crippen LogP contribution in [-0.4, -0.2) is 4.99 Å². The summed E-state index contributed by atoms with van der Waals surface area (Å²) in [6, 6.07) is 19.1. The molecule has 3 rings (SSSR count). The van der Waals surface area contributed by atoms with Crippen molar-refractivity contribution < 1.29 is 9.67 Å². The van der Waals surface area contributed by atoms with Crippen molar-refractivity contribution in [1.29, 1.82) is 0 Å². The standard InChI is InChI=1S/C22H19BrN2OS/c1-15-12-16(2)14-17(13-15)24-22(27)20(25-10-6-3-7-11-25)21(26)18-8-4-5-9-19(18)23/h3-14H,1-2H3,(H-,24,26,27). The van der Waals surface area contributed by atoms with Gasteiger partial charge in [-0.15, -0.1) is 0 Å². The van der Waals surface area contributed by atoms with Gasteiger partial charge in [0.1, 0.15) is 0 Å². The van der Waals surface area contributed by atoms with Gasteiger partial charge in [-0.1, -0.05) is 58.5 Å². The number of rotatable bonds is 4. The van der Waals surface area contributed by atoms with Gasteiger partial charge in [-0.05, 0) is 54.5 Å². The molecule has 1 heterocycles. The molecule has 0 atom stereocenters. The number of pyridine rings is 1. The zero-order valence-electron chi connectivity index (χ0n) is 15.1. The van der Waals surface area contributed by atoms with Crippen LogP contribution in [-0.2, 0) is 0 Å². The number of nitrogens with zero attached hydrogens (tertiary/aromatic N) is 1. The average molecular weight is 439 g/mol. The zero-order valence-corrected chi connectivity index (χ0v) is 17.5. The molecule has 0 radical (unpaired) electrons. The van der Waals surface area contributed by atoms with Crippen LogP contribution in [0.25, 0.3) is 11.5 Å². The number of aromatic nitrogens is 1. The van der Waals surface area contributed by atoms with E-state index in [9.17, 15) is 5.11 Å². The van der Waals surface area contributed by atoms with Crippen LogP contribution in [0.5, 0.6) is 0 Å². The minimum atomic E-state index is -0.152. The molecule has 3 aromatic rings. The first-order chi connectivity index (χ1) is 13.0. The predicted octanol–water partition coefficient (Wildman–Crippen LogP) is 4.48. The van der Waals surface area contributed by atoms with Crippen LogP contribution in [0.3, 0.4) is 0 Å². The number of aryl methyl sites for hydroxylation is 2. The molecule has 0 saturated carbocycles. The highest BCUT2D eigenvalue weighted by Crippen LogP contribution is 2.24. The van der Waals surface area contributed by atoms with Gasteiger partial charge in [0.2, 0.25) is 5.70 Å². The minimum absolute atomic E-state index is 0.152. The van der Waals surface area contributed by atoms with E-state index >= 15 is 0 Å². The monoisotopic (exact) mass is 438 g/mol. The van der Waals surface area contributed by atoms with Crippen molar-refractivity contribution >= 4 is 50.3 Å². The van der Waals surface area contributed by atoms with E-state index < -0.39 is 0 Å². The van der Waals surface area contributed by atoms with Crippen LogP contribution in [0, 0.1) is 13.8 Å². The summed E-state index contributed by atoms with van der Waals surface area (Å²) in [5.41, 5.74) is 4.09. The van der Waals surface area contributed by atoms with Crippen molar-refractivity contribution in [2.45, 2.75) is 13.8 Å². The number of nitrogens with one attached hydrogen (secondary N) is 1. The summed E-state index contributed by atoms with van der Waals surface area (Å²) in [7, 11) is 0. The molecule has 2 aromatic carbocycles. The molecule has 0 spiro atoms. The van der Waals surface area contributed by atoms with Gasteiger partial charge in [0.05, 0.1) is 0 Å². The van der Waals surface area contributed by atoms with E-state index in [1.54, 1.807) is 10.6 Å². The molecule has 0 aliphatic rings. The predicted molar refractivity (Wildman–Crippen MR) is 116 cm³/mol. The summed E-state index contributed by atoms with van der Waals surface area (Å²) in [5, 5.41) is 16.5. The van der Waals surface area contributed by atoms with Crippen LogP contribution < -0.4 is 15.0 Å². The highest BCUT2D eigenvalue weighted by Gasteiger charge is 2.19. The van der Waals surface area contributed by atoms with Crippen molar-refractivity contribution in [2.24, 2.45) is 0 Å². The number of hydrogen-bond donors (Lipinski definition) is 1. The molecule has 0 aliphatic carbocycles. The second-order valence-corrected chi connectivity index (χ2v) is 7.53. The SMILES string of the molecule is Cc1cc(C)cc(NC(=S)/C(=C(\[O-])c2ccccc2Br)[n+]2ccccc2)c1.